The minimum Gasteiger partial charge on any atom is -0.384 e. The number of anilines is 1. The van der Waals surface area contributed by atoms with E-state index in [0.29, 0.717) is 19.5 Å². The van der Waals surface area contributed by atoms with Gasteiger partial charge in [-0.15, -0.1) is 0 Å². The van der Waals surface area contributed by atoms with Crippen molar-refractivity contribution in [1.29, 1.82) is 0 Å². The summed E-state index contributed by atoms with van der Waals surface area (Å²) >= 11 is 0. The van der Waals surface area contributed by atoms with Crippen LogP contribution in [-0.2, 0) is 9.59 Å². The van der Waals surface area contributed by atoms with Gasteiger partial charge in [-0.05, 0) is 18.6 Å². The number of benzene rings is 1. The molecule has 0 spiro atoms. The number of carbonyl (C=O) groups excluding carboxylic acids is 2. The van der Waals surface area contributed by atoms with Gasteiger partial charge in [0, 0.05) is 37.7 Å². The Kier molecular flexibility index (Phi) is 3.34. The Hall–Kier alpha value is -2.04. The number of nitrogens with one attached hydrogen (secondary N) is 2. The lowest BCUT2D eigenvalue weighted by molar-refractivity contribution is -0.142. The van der Waals surface area contributed by atoms with Crippen LogP contribution >= 0.6 is 0 Å². The van der Waals surface area contributed by atoms with E-state index in [1.165, 1.54) is 5.56 Å². The fourth-order valence-corrected chi connectivity index (χ4v) is 2.99. The van der Waals surface area contributed by atoms with E-state index in [-0.39, 0.29) is 23.8 Å². The monoisotopic (exact) mass is 273 g/mol. The molecule has 0 saturated carbocycles. The normalized spacial score (nSPS) is 24.9. The Labute approximate surface area is 118 Å². The molecule has 106 valence electrons. The molecule has 1 aromatic rings. The highest BCUT2D eigenvalue weighted by molar-refractivity contribution is 5.89. The smallest absolute Gasteiger partial charge is 0.242 e. The summed E-state index contributed by atoms with van der Waals surface area (Å²) in [6.07, 6.45) is 0.460. The quantitative estimate of drug-likeness (QED) is 0.843. The molecule has 2 amide bonds. The van der Waals surface area contributed by atoms with E-state index >= 15 is 0 Å². The topological polar surface area (TPSA) is 61.4 Å². The number of carbonyl (C=O) groups is 2. The van der Waals surface area contributed by atoms with Crippen LogP contribution in [0.3, 0.4) is 0 Å². The average Bonchev–Trinajstić information content (AvgIpc) is 2.85. The third kappa shape index (κ3) is 2.24. The molecule has 2 atom stereocenters. The van der Waals surface area contributed by atoms with Gasteiger partial charge in [-0.3, -0.25) is 9.59 Å². The summed E-state index contributed by atoms with van der Waals surface area (Å²) in [4.78, 5) is 25.8. The predicted octanol–water partition coefficient (Wildman–Crippen LogP) is 0.933. The summed E-state index contributed by atoms with van der Waals surface area (Å²) in [5.74, 6) is 0.210. The van der Waals surface area contributed by atoms with Crippen LogP contribution in [0.4, 0.5) is 5.69 Å². The molecule has 0 radical (unpaired) electrons. The van der Waals surface area contributed by atoms with Crippen molar-refractivity contribution in [2.75, 3.05) is 25.0 Å². The molecule has 5 heteroatoms. The van der Waals surface area contributed by atoms with Gasteiger partial charge in [0.1, 0.15) is 6.04 Å². The lowest BCUT2D eigenvalue weighted by Gasteiger charge is -2.33. The van der Waals surface area contributed by atoms with Crippen LogP contribution in [0.25, 0.3) is 0 Å². The molecule has 5 nitrogen and oxygen atoms in total. The van der Waals surface area contributed by atoms with Gasteiger partial charge in [0.25, 0.3) is 0 Å². The van der Waals surface area contributed by atoms with Crippen LogP contribution in [0.15, 0.2) is 24.3 Å². The molecule has 2 aliphatic heterocycles. The third-order valence-corrected chi connectivity index (χ3v) is 4.18. The number of rotatable bonds is 2. The minimum atomic E-state index is -0.360. The van der Waals surface area contributed by atoms with Gasteiger partial charge < -0.3 is 15.5 Å². The van der Waals surface area contributed by atoms with E-state index in [0.717, 1.165) is 12.2 Å². The molecule has 1 fully saturated rings. The first-order valence-corrected chi connectivity index (χ1v) is 7.07. The van der Waals surface area contributed by atoms with Crippen molar-refractivity contribution in [3.05, 3.63) is 29.8 Å². The fourth-order valence-electron chi connectivity index (χ4n) is 2.99. The number of nitrogens with zero attached hydrogens (tertiary/aromatic N) is 1. The SMILES string of the molecule is CC1C(=O)NCCN1C(=O)CC1CNc2ccccc21. The molecule has 0 bridgehead atoms. The zero-order chi connectivity index (χ0) is 14.1. The van der Waals surface area contributed by atoms with Crippen molar-refractivity contribution >= 4 is 17.5 Å². The summed E-state index contributed by atoms with van der Waals surface area (Å²) < 4.78 is 0. The number of amides is 2. The Morgan fingerprint density at radius 1 is 1.35 bits per heavy atom. The number of para-hydroxylation sites is 1. The maximum absolute atomic E-state index is 12.4. The first-order chi connectivity index (χ1) is 9.66. The van der Waals surface area contributed by atoms with E-state index in [9.17, 15) is 9.59 Å². The summed E-state index contributed by atoms with van der Waals surface area (Å²) in [6, 6.07) is 7.74. The Morgan fingerprint density at radius 3 is 3.00 bits per heavy atom. The van der Waals surface area contributed by atoms with E-state index in [1.807, 2.05) is 18.2 Å². The number of piperazine rings is 1. The Bertz CT molecular complexity index is 544. The molecule has 2 unspecified atom stereocenters. The molecule has 2 aliphatic rings. The lowest BCUT2D eigenvalue weighted by Crippen LogP contribution is -2.56. The second-order valence-corrected chi connectivity index (χ2v) is 5.42. The van der Waals surface area contributed by atoms with Crippen LogP contribution in [0, 0.1) is 0 Å². The summed E-state index contributed by atoms with van der Waals surface area (Å²) in [6.45, 7) is 3.73. The Morgan fingerprint density at radius 2 is 2.15 bits per heavy atom. The van der Waals surface area contributed by atoms with Crippen molar-refractivity contribution in [3.63, 3.8) is 0 Å². The van der Waals surface area contributed by atoms with E-state index < -0.39 is 0 Å². The van der Waals surface area contributed by atoms with Gasteiger partial charge in [0.15, 0.2) is 0 Å². The van der Waals surface area contributed by atoms with Crippen molar-refractivity contribution in [2.45, 2.75) is 25.3 Å². The van der Waals surface area contributed by atoms with Gasteiger partial charge >= 0.3 is 0 Å². The number of hydrogen-bond acceptors (Lipinski definition) is 3. The van der Waals surface area contributed by atoms with Gasteiger partial charge in [-0.1, -0.05) is 18.2 Å². The zero-order valence-corrected chi connectivity index (χ0v) is 11.6. The van der Waals surface area contributed by atoms with Crippen LogP contribution in [-0.4, -0.2) is 42.4 Å². The van der Waals surface area contributed by atoms with E-state index in [2.05, 4.69) is 16.7 Å². The maximum Gasteiger partial charge on any atom is 0.242 e. The van der Waals surface area contributed by atoms with Crippen LogP contribution in [0.5, 0.6) is 0 Å². The first-order valence-electron chi connectivity index (χ1n) is 7.07. The second kappa shape index (κ2) is 5.15. The molecular formula is C15H19N3O2. The van der Waals surface area contributed by atoms with E-state index in [4.69, 9.17) is 0 Å². The van der Waals surface area contributed by atoms with Gasteiger partial charge in [0.05, 0.1) is 0 Å². The minimum absolute atomic E-state index is 0.0606. The third-order valence-electron chi connectivity index (χ3n) is 4.18. The molecular weight excluding hydrogens is 254 g/mol. The van der Waals surface area contributed by atoms with Crippen molar-refractivity contribution in [1.82, 2.24) is 10.2 Å². The highest BCUT2D eigenvalue weighted by Crippen LogP contribution is 2.33. The summed E-state index contributed by atoms with van der Waals surface area (Å²) in [5, 5.41) is 6.11. The largest absolute Gasteiger partial charge is 0.384 e. The van der Waals surface area contributed by atoms with E-state index in [1.54, 1.807) is 11.8 Å². The molecule has 0 aliphatic carbocycles. The van der Waals surface area contributed by atoms with Gasteiger partial charge in [-0.2, -0.15) is 0 Å². The second-order valence-electron chi connectivity index (χ2n) is 5.42. The summed E-state index contributed by atoms with van der Waals surface area (Å²) in [5.41, 5.74) is 2.32. The van der Waals surface area contributed by atoms with Crippen LogP contribution in [0.1, 0.15) is 24.8 Å². The van der Waals surface area contributed by atoms with Crippen molar-refractivity contribution < 1.29 is 9.59 Å². The Balaban J connectivity index is 1.70. The molecule has 1 aromatic carbocycles. The van der Waals surface area contributed by atoms with Crippen LogP contribution < -0.4 is 10.6 Å². The highest BCUT2D eigenvalue weighted by atomic mass is 16.2. The molecule has 1 saturated heterocycles. The van der Waals surface area contributed by atoms with Crippen LogP contribution in [0.2, 0.25) is 0 Å². The van der Waals surface area contributed by atoms with Gasteiger partial charge in [-0.25, -0.2) is 0 Å². The van der Waals surface area contributed by atoms with Crippen molar-refractivity contribution in [2.24, 2.45) is 0 Å². The molecule has 3 rings (SSSR count). The molecule has 2 N–H and O–H groups in total. The zero-order valence-electron chi connectivity index (χ0n) is 11.6. The van der Waals surface area contributed by atoms with Gasteiger partial charge in [0.2, 0.25) is 11.8 Å². The fraction of sp³-hybridized carbons (Fsp3) is 0.467. The lowest BCUT2D eigenvalue weighted by atomic mass is 9.97. The number of fused-ring (bicyclic) bond motifs is 1. The maximum atomic E-state index is 12.4. The van der Waals surface area contributed by atoms with Crippen molar-refractivity contribution in [3.8, 4) is 0 Å². The molecule has 20 heavy (non-hydrogen) atoms. The number of hydrogen-bond donors (Lipinski definition) is 2. The molecule has 0 aromatic heterocycles. The predicted molar refractivity (Wildman–Crippen MR) is 76.5 cm³/mol. The highest BCUT2D eigenvalue weighted by Gasteiger charge is 2.32. The average molecular weight is 273 g/mol. The molecule has 2 heterocycles. The standard InChI is InChI=1S/C15H19N3O2/c1-10-15(20)16-6-7-18(10)14(19)8-11-9-17-13-5-3-2-4-12(11)13/h2-5,10-11,17H,6-9H2,1H3,(H,16,20). The first kappa shape index (κ1) is 13.0. The summed E-state index contributed by atoms with van der Waals surface area (Å²) in [7, 11) is 0.